The molecule has 1 saturated heterocycles. The van der Waals surface area contributed by atoms with Crippen molar-refractivity contribution < 1.29 is 9.59 Å². The SMILES string of the molecule is O=C1Nc2ccccc2C1C1CCN(C(=O)C2CCC2)CC1. The van der Waals surface area contributed by atoms with Gasteiger partial charge in [0.2, 0.25) is 11.8 Å². The molecule has 1 unspecified atom stereocenters. The van der Waals surface area contributed by atoms with Crippen molar-refractivity contribution in [2.24, 2.45) is 11.8 Å². The summed E-state index contributed by atoms with van der Waals surface area (Å²) in [6.45, 7) is 1.62. The van der Waals surface area contributed by atoms with Crippen molar-refractivity contribution >= 4 is 17.5 Å². The molecule has 1 aromatic rings. The Morgan fingerprint density at radius 3 is 2.50 bits per heavy atom. The van der Waals surface area contributed by atoms with Crippen LogP contribution >= 0.6 is 0 Å². The molecule has 116 valence electrons. The number of amides is 2. The van der Waals surface area contributed by atoms with E-state index in [9.17, 15) is 9.59 Å². The van der Waals surface area contributed by atoms with Gasteiger partial charge in [-0.25, -0.2) is 0 Å². The van der Waals surface area contributed by atoms with Gasteiger partial charge in [-0.05, 0) is 43.2 Å². The van der Waals surface area contributed by atoms with E-state index in [1.165, 1.54) is 6.42 Å². The number of fused-ring (bicyclic) bond motifs is 1. The number of hydrogen-bond donors (Lipinski definition) is 1. The molecule has 0 bridgehead atoms. The summed E-state index contributed by atoms with van der Waals surface area (Å²) in [4.78, 5) is 26.7. The Hall–Kier alpha value is -1.84. The van der Waals surface area contributed by atoms with Crippen LogP contribution in [0.2, 0.25) is 0 Å². The van der Waals surface area contributed by atoms with E-state index >= 15 is 0 Å². The van der Waals surface area contributed by atoms with Crippen LogP contribution in [0.4, 0.5) is 5.69 Å². The lowest BCUT2D eigenvalue weighted by atomic mass is 9.79. The maximum atomic E-state index is 12.3. The van der Waals surface area contributed by atoms with E-state index in [1.54, 1.807) is 0 Å². The van der Waals surface area contributed by atoms with Crippen LogP contribution in [-0.4, -0.2) is 29.8 Å². The van der Waals surface area contributed by atoms with Crippen LogP contribution in [0.5, 0.6) is 0 Å². The second-order valence-electron chi connectivity index (χ2n) is 6.84. The number of likely N-dealkylation sites (tertiary alicyclic amines) is 1. The predicted octanol–water partition coefficient (Wildman–Crippen LogP) is 2.76. The maximum Gasteiger partial charge on any atom is 0.232 e. The first-order valence-corrected chi connectivity index (χ1v) is 8.42. The summed E-state index contributed by atoms with van der Waals surface area (Å²) in [5.74, 6) is 1.09. The molecule has 3 aliphatic rings. The molecule has 2 fully saturated rings. The number of carbonyl (C=O) groups is 2. The van der Waals surface area contributed by atoms with Gasteiger partial charge in [-0.2, -0.15) is 0 Å². The third-order valence-corrected chi connectivity index (χ3v) is 5.61. The second-order valence-corrected chi connectivity index (χ2v) is 6.84. The summed E-state index contributed by atoms with van der Waals surface area (Å²) in [5.41, 5.74) is 2.10. The van der Waals surface area contributed by atoms with E-state index in [2.05, 4.69) is 11.4 Å². The lowest BCUT2D eigenvalue weighted by Crippen LogP contribution is -2.44. The average Bonchev–Trinajstić information content (AvgIpc) is 2.81. The van der Waals surface area contributed by atoms with Gasteiger partial charge >= 0.3 is 0 Å². The van der Waals surface area contributed by atoms with Crippen molar-refractivity contribution in [3.05, 3.63) is 29.8 Å². The fraction of sp³-hybridized carbons (Fsp3) is 0.556. The standard InChI is InChI=1S/C18H22N2O2/c21-17-16(14-6-1-2-7-15(14)19-17)12-8-10-20(11-9-12)18(22)13-4-3-5-13/h1-2,6-7,12-13,16H,3-5,8-11H2,(H,19,21). The zero-order valence-electron chi connectivity index (χ0n) is 12.8. The molecule has 4 rings (SSSR count). The lowest BCUT2D eigenvalue weighted by Gasteiger charge is -2.37. The largest absolute Gasteiger partial charge is 0.342 e. The normalized spacial score (nSPS) is 25.5. The van der Waals surface area contributed by atoms with E-state index < -0.39 is 0 Å². The van der Waals surface area contributed by atoms with E-state index in [0.29, 0.717) is 11.8 Å². The molecule has 1 atom stereocenters. The molecule has 0 radical (unpaired) electrons. The summed E-state index contributed by atoms with van der Waals surface area (Å²) in [6, 6.07) is 8.00. The van der Waals surface area contributed by atoms with Crippen LogP contribution in [0.1, 0.15) is 43.6 Å². The third-order valence-electron chi connectivity index (χ3n) is 5.61. The van der Waals surface area contributed by atoms with Gasteiger partial charge in [-0.15, -0.1) is 0 Å². The highest BCUT2D eigenvalue weighted by molar-refractivity contribution is 6.03. The summed E-state index contributed by atoms with van der Waals surface area (Å²) in [7, 11) is 0. The van der Waals surface area contributed by atoms with Crippen LogP contribution in [0.3, 0.4) is 0 Å². The fourth-order valence-electron chi connectivity index (χ4n) is 4.07. The van der Waals surface area contributed by atoms with Gasteiger partial charge in [0, 0.05) is 24.7 Å². The predicted molar refractivity (Wildman–Crippen MR) is 84.5 cm³/mol. The highest BCUT2D eigenvalue weighted by atomic mass is 16.2. The van der Waals surface area contributed by atoms with Crippen molar-refractivity contribution in [2.75, 3.05) is 18.4 Å². The average molecular weight is 298 g/mol. The molecule has 4 heteroatoms. The molecule has 2 amide bonds. The third kappa shape index (κ3) is 2.21. The van der Waals surface area contributed by atoms with Gasteiger partial charge in [-0.3, -0.25) is 9.59 Å². The maximum absolute atomic E-state index is 12.3. The molecule has 4 nitrogen and oxygen atoms in total. The van der Waals surface area contributed by atoms with Crippen molar-refractivity contribution in [1.82, 2.24) is 4.90 Å². The Balaban J connectivity index is 1.43. The molecule has 1 aromatic carbocycles. The number of para-hydroxylation sites is 1. The number of piperidine rings is 1. The minimum atomic E-state index is -0.0304. The van der Waals surface area contributed by atoms with Gasteiger partial charge in [0.15, 0.2) is 0 Å². The molecule has 2 aliphatic heterocycles. The zero-order valence-corrected chi connectivity index (χ0v) is 12.8. The molecule has 1 N–H and O–H groups in total. The number of carbonyl (C=O) groups excluding carboxylic acids is 2. The first kappa shape index (κ1) is 13.8. The molecule has 0 spiro atoms. The number of nitrogens with zero attached hydrogens (tertiary/aromatic N) is 1. The molecular weight excluding hydrogens is 276 g/mol. The first-order chi connectivity index (χ1) is 10.7. The molecule has 0 aromatic heterocycles. The molecule has 1 aliphatic carbocycles. The number of anilines is 1. The van der Waals surface area contributed by atoms with Crippen LogP contribution < -0.4 is 5.32 Å². The smallest absolute Gasteiger partial charge is 0.232 e. The fourth-order valence-corrected chi connectivity index (χ4v) is 4.07. The first-order valence-electron chi connectivity index (χ1n) is 8.42. The number of benzene rings is 1. The van der Waals surface area contributed by atoms with Crippen LogP contribution in [-0.2, 0) is 9.59 Å². The number of rotatable bonds is 2. The van der Waals surface area contributed by atoms with Crippen molar-refractivity contribution in [1.29, 1.82) is 0 Å². The van der Waals surface area contributed by atoms with Gasteiger partial charge in [0.1, 0.15) is 0 Å². The minimum absolute atomic E-state index is 0.0304. The summed E-state index contributed by atoms with van der Waals surface area (Å²) in [6.07, 6.45) is 5.20. The Morgan fingerprint density at radius 2 is 1.82 bits per heavy atom. The van der Waals surface area contributed by atoms with E-state index in [4.69, 9.17) is 0 Å². The second kappa shape index (κ2) is 5.41. The van der Waals surface area contributed by atoms with Crippen LogP contribution in [0.25, 0.3) is 0 Å². The summed E-state index contributed by atoms with van der Waals surface area (Å²) in [5, 5.41) is 3.00. The topological polar surface area (TPSA) is 49.4 Å². The monoisotopic (exact) mass is 298 g/mol. The quantitative estimate of drug-likeness (QED) is 0.912. The Morgan fingerprint density at radius 1 is 1.09 bits per heavy atom. The Labute approximate surface area is 130 Å². The van der Waals surface area contributed by atoms with Crippen molar-refractivity contribution in [3.63, 3.8) is 0 Å². The van der Waals surface area contributed by atoms with E-state index in [1.807, 2.05) is 23.1 Å². The van der Waals surface area contributed by atoms with Gasteiger partial charge in [0.25, 0.3) is 0 Å². The molecular formula is C18H22N2O2. The van der Waals surface area contributed by atoms with Gasteiger partial charge in [-0.1, -0.05) is 24.6 Å². The van der Waals surface area contributed by atoms with Crippen LogP contribution in [0.15, 0.2) is 24.3 Å². The van der Waals surface area contributed by atoms with E-state index in [-0.39, 0.29) is 17.7 Å². The highest BCUT2D eigenvalue weighted by Crippen LogP contribution is 2.41. The zero-order chi connectivity index (χ0) is 15.1. The lowest BCUT2D eigenvalue weighted by molar-refractivity contribution is -0.139. The van der Waals surface area contributed by atoms with Gasteiger partial charge < -0.3 is 10.2 Å². The molecule has 1 saturated carbocycles. The van der Waals surface area contributed by atoms with E-state index in [0.717, 1.165) is 50.0 Å². The molecule has 22 heavy (non-hydrogen) atoms. The summed E-state index contributed by atoms with van der Waals surface area (Å²) >= 11 is 0. The van der Waals surface area contributed by atoms with Crippen molar-refractivity contribution in [3.8, 4) is 0 Å². The molecule has 2 heterocycles. The number of nitrogens with one attached hydrogen (secondary N) is 1. The summed E-state index contributed by atoms with van der Waals surface area (Å²) < 4.78 is 0. The van der Waals surface area contributed by atoms with Gasteiger partial charge in [0.05, 0.1) is 5.92 Å². The highest BCUT2D eigenvalue weighted by Gasteiger charge is 2.39. The van der Waals surface area contributed by atoms with Crippen molar-refractivity contribution in [2.45, 2.75) is 38.0 Å². The minimum Gasteiger partial charge on any atom is -0.342 e. The number of hydrogen-bond acceptors (Lipinski definition) is 2. The van der Waals surface area contributed by atoms with Crippen LogP contribution in [0, 0.1) is 11.8 Å². The Bertz CT molecular complexity index is 601. The Kier molecular flexibility index (Phi) is 3.40.